The number of carboxylic acids is 1. The quantitative estimate of drug-likeness (QED) is 0.0233. The number of nitrogens with one attached hydrogen (secondary N) is 5. The number of nitrogens with zero attached hydrogens (tertiary/aromatic N) is 3. The first-order valence-corrected chi connectivity index (χ1v) is 17.7. The lowest BCUT2D eigenvalue weighted by Gasteiger charge is -2.26. The maximum atomic E-state index is 13.5. The molecule has 1 saturated heterocycles. The van der Waals surface area contributed by atoms with Crippen molar-refractivity contribution in [1.82, 2.24) is 31.5 Å². The lowest BCUT2D eigenvalue weighted by Crippen LogP contribution is -2.59. The van der Waals surface area contributed by atoms with Crippen LogP contribution >= 0.6 is 0 Å². The molecule has 0 aromatic heterocycles. The molecule has 0 aromatic carbocycles. The maximum absolute atomic E-state index is 13.5. The summed E-state index contributed by atoms with van der Waals surface area (Å²) in [6, 6.07) is -7.14. The van der Waals surface area contributed by atoms with Crippen molar-refractivity contribution in [3.8, 4) is 0 Å². The zero-order valence-corrected chi connectivity index (χ0v) is 30.6. The number of carbonyl (C=O) groups excluding carboxylic acids is 6. The summed E-state index contributed by atoms with van der Waals surface area (Å²) < 4.78 is 0. The third-order valence-electron chi connectivity index (χ3n) is 8.30. The van der Waals surface area contributed by atoms with Crippen LogP contribution in [0.2, 0.25) is 0 Å². The van der Waals surface area contributed by atoms with Crippen LogP contribution in [0.25, 0.3) is 0 Å². The summed E-state index contributed by atoms with van der Waals surface area (Å²) in [7, 11) is 0. The number of hydrogen-bond acceptors (Lipinski definition) is 12. The second-order valence-electron chi connectivity index (χ2n) is 12.7. The number of carboxylic acid groups (broad SMARTS) is 1. The average Bonchev–Trinajstić information content (AvgIpc) is 3.62. The van der Waals surface area contributed by atoms with Gasteiger partial charge in [-0.1, -0.05) is 0 Å². The first-order valence-electron chi connectivity index (χ1n) is 17.7. The SMILES string of the molecule is C[C@H](NC(=O)[C@H](CCCCN)NC(=O)[C@H](CCCN=C(N)N)NC(=O)[C@@H](N)CCCN=C(N)N)C(=O)N[C@@H](CO)C(=O)NCC(=O)N1CCC[C@H]1C(=O)O. The average molecular weight is 771 g/mol. The minimum absolute atomic E-state index is 0.0689. The van der Waals surface area contributed by atoms with Crippen LogP contribution in [-0.4, -0.2) is 144 Å². The van der Waals surface area contributed by atoms with Crippen LogP contribution in [0.1, 0.15) is 64.7 Å². The molecule has 0 radical (unpaired) electrons. The summed E-state index contributed by atoms with van der Waals surface area (Å²) >= 11 is 0. The van der Waals surface area contributed by atoms with Gasteiger partial charge in [0.15, 0.2) is 11.9 Å². The highest BCUT2D eigenvalue weighted by Crippen LogP contribution is 2.17. The van der Waals surface area contributed by atoms with Gasteiger partial charge in [-0.3, -0.25) is 38.8 Å². The molecule has 19 N–H and O–H groups in total. The van der Waals surface area contributed by atoms with Crippen LogP contribution in [0.15, 0.2) is 9.98 Å². The van der Waals surface area contributed by atoms with Gasteiger partial charge in [0.25, 0.3) is 0 Å². The summed E-state index contributed by atoms with van der Waals surface area (Å²) in [6.45, 7) is 0.789. The van der Waals surface area contributed by atoms with E-state index < -0.39 is 90.8 Å². The zero-order valence-electron chi connectivity index (χ0n) is 30.6. The van der Waals surface area contributed by atoms with E-state index in [4.69, 9.17) is 34.4 Å². The van der Waals surface area contributed by atoms with Crippen LogP contribution in [0.3, 0.4) is 0 Å². The summed E-state index contributed by atoms with van der Waals surface area (Å²) in [5.41, 5.74) is 33.0. The fraction of sp³-hybridized carbons (Fsp3) is 0.710. The number of guanidine groups is 2. The van der Waals surface area contributed by atoms with Gasteiger partial charge in [0.2, 0.25) is 35.4 Å². The topological polar surface area (TPSA) is 404 Å². The molecule has 0 spiro atoms. The first-order chi connectivity index (χ1) is 25.5. The van der Waals surface area contributed by atoms with Crippen molar-refractivity contribution in [2.45, 2.75) is 101 Å². The van der Waals surface area contributed by atoms with E-state index in [1.807, 2.05) is 0 Å². The number of carbonyl (C=O) groups is 7. The molecule has 1 aliphatic heterocycles. The number of hydrogen-bond donors (Lipinski definition) is 13. The predicted molar refractivity (Wildman–Crippen MR) is 197 cm³/mol. The number of unbranched alkanes of at least 4 members (excludes halogenated alkanes) is 1. The normalized spacial score (nSPS) is 16.4. The second-order valence-corrected chi connectivity index (χ2v) is 12.7. The number of aliphatic imine (C=N–C) groups is 2. The van der Waals surface area contributed by atoms with Gasteiger partial charge in [-0.05, 0) is 71.3 Å². The van der Waals surface area contributed by atoms with E-state index >= 15 is 0 Å². The Balaban J connectivity index is 2.95. The van der Waals surface area contributed by atoms with Crippen molar-refractivity contribution in [2.75, 3.05) is 39.3 Å². The maximum Gasteiger partial charge on any atom is 0.326 e. The van der Waals surface area contributed by atoms with E-state index in [1.165, 1.54) is 6.92 Å². The molecule has 1 rings (SSSR count). The molecule has 0 aromatic rings. The molecule has 1 heterocycles. The van der Waals surface area contributed by atoms with Gasteiger partial charge >= 0.3 is 5.97 Å². The Labute approximate surface area is 313 Å². The van der Waals surface area contributed by atoms with Gasteiger partial charge in [0.1, 0.15) is 30.2 Å². The van der Waals surface area contributed by atoms with Gasteiger partial charge < -0.3 is 76.1 Å². The predicted octanol–water partition coefficient (Wildman–Crippen LogP) is -6.31. The van der Waals surface area contributed by atoms with E-state index in [2.05, 4.69) is 36.6 Å². The number of amides is 6. The molecule has 1 aliphatic rings. The number of aliphatic carboxylic acids is 1. The number of nitrogens with two attached hydrogens (primary N) is 6. The van der Waals surface area contributed by atoms with Gasteiger partial charge in [0.05, 0.1) is 19.2 Å². The molecule has 6 amide bonds. The Morgan fingerprint density at radius 3 is 1.83 bits per heavy atom. The molecule has 0 saturated carbocycles. The minimum atomic E-state index is -1.51. The Morgan fingerprint density at radius 1 is 0.741 bits per heavy atom. The summed E-state index contributed by atoms with van der Waals surface area (Å²) in [5.74, 6) is -5.99. The number of likely N-dealkylation sites (tertiary alicyclic amines) is 1. The highest BCUT2D eigenvalue weighted by Gasteiger charge is 2.35. The molecule has 54 heavy (non-hydrogen) atoms. The summed E-state index contributed by atoms with van der Waals surface area (Å²) in [4.78, 5) is 98.2. The number of aliphatic hydroxyl groups is 1. The third kappa shape index (κ3) is 17.5. The first kappa shape index (κ1) is 46.7. The van der Waals surface area contributed by atoms with Gasteiger partial charge in [-0.15, -0.1) is 0 Å². The van der Waals surface area contributed by atoms with Crippen molar-refractivity contribution >= 4 is 53.3 Å². The molecule has 23 nitrogen and oxygen atoms in total. The molecule has 0 unspecified atom stereocenters. The Bertz CT molecular complexity index is 1340. The zero-order chi connectivity index (χ0) is 40.8. The van der Waals surface area contributed by atoms with Crippen molar-refractivity contribution in [3.05, 3.63) is 0 Å². The molecule has 306 valence electrons. The molecule has 23 heteroatoms. The van der Waals surface area contributed by atoms with Crippen LogP contribution < -0.4 is 61.0 Å². The van der Waals surface area contributed by atoms with E-state index in [-0.39, 0.29) is 63.7 Å². The van der Waals surface area contributed by atoms with Crippen LogP contribution in [0.5, 0.6) is 0 Å². The minimum Gasteiger partial charge on any atom is -0.480 e. The third-order valence-corrected chi connectivity index (χ3v) is 8.30. The largest absolute Gasteiger partial charge is 0.480 e. The van der Waals surface area contributed by atoms with Gasteiger partial charge in [-0.25, -0.2) is 4.79 Å². The highest BCUT2D eigenvalue weighted by atomic mass is 16.4. The van der Waals surface area contributed by atoms with E-state index in [0.717, 1.165) is 4.90 Å². The van der Waals surface area contributed by atoms with Gasteiger partial charge in [0, 0.05) is 19.6 Å². The fourth-order valence-electron chi connectivity index (χ4n) is 5.32. The van der Waals surface area contributed by atoms with E-state index in [0.29, 0.717) is 32.2 Å². The molecular weight excluding hydrogens is 712 g/mol. The lowest BCUT2D eigenvalue weighted by molar-refractivity contribution is -0.148. The van der Waals surface area contributed by atoms with Crippen LogP contribution in [0, 0.1) is 0 Å². The molecule has 1 fully saturated rings. The monoisotopic (exact) mass is 770 g/mol. The molecule has 0 bridgehead atoms. The van der Waals surface area contributed by atoms with Gasteiger partial charge in [-0.2, -0.15) is 0 Å². The summed E-state index contributed by atoms with van der Waals surface area (Å²) in [6.07, 6.45) is 2.73. The van der Waals surface area contributed by atoms with Crippen molar-refractivity contribution < 1.29 is 43.8 Å². The standard InChI is InChI=1S/C31H58N14O9/c1-17(24(48)44-21(16-46)26(50)40-15-23(47)45-14-6-10-22(45)29(53)54)41-27(51)19(8-2-3-11-32)43-28(52)20(9-5-13-39-31(36)37)42-25(49)18(33)7-4-12-38-30(34)35/h17-22,46H,2-16,32-33H2,1H3,(H,40,50)(H,41,51)(H,42,49)(H,43,52)(H,44,48)(H,53,54)(H4,34,35,38)(H4,36,37,39)/t17-,18-,19-,20-,21-,22-/m0/s1. The molecular formula is C31H58N14O9. The number of rotatable bonds is 25. The van der Waals surface area contributed by atoms with Crippen molar-refractivity contribution in [2.24, 2.45) is 44.4 Å². The lowest BCUT2D eigenvalue weighted by atomic mass is 10.0. The van der Waals surface area contributed by atoms with Crippen molar-refractivity contribution in [3.63, 3.8) is 0 Å². The van der Waals surface area contributed by atoms with Crippen molar-refractivity contribution in [1.29, 1.82) is 0 Å². The Kier molecular flexibility index (Phi) is 21.5. The smallest absolute Gasteiger partial charge is 0.326 e. The Hall–Kier alpha value is -5.29. The second kappa shape index (κ2) is 24.9. The van der Waals surface area contributed by atoms with E-state index in [9.17, 15) is 43.8 Å². The molecule has 0 aliphatic carbocycles. The highest BCUT2D eigenvalue weighted by molar-refractivity contribution is 5.96. The molecule has 6 atom stereocenters. The van der Waals surface area contributed by atoms with Crippen LogP contribution in [-0.2, 0) is 33.6 Å². The fourth-order valence-corrected chi connectivity index (χ4v) is 5.32. The van der Waals surface area contributed by atoms with E-state index in [1.54, 1.807) is 0 Å². The Morgan fingerprint density at radius 2 is 1.28 bits per heavy atom. The number of aliphatic hydroxyl groups excluding tert-OH is 1. The van der Waals surface area contributed by atoms with Crippen LogP contribution in [0.4, 0.5) is 0 Å². The summed E-state index contributed by atoms with van der Waals surface area (Å²) in [5, 5.41) is 31.3.